The molecule has 2 saturated heterocycles. The fraction of sp³-hybridized carbons (Fsp3) is 0.533. The molecule has 1 N–H and O–H groups in total. The highest BCUT2D eigenvalue weighted by Gasteiger charge is 2.29. The van der Waals surface area contributed by atoms with Gasteiger partial charge in [0.15, 0.2) is 0 Å². The lowest BCUT2D eigenvalue weighted by atomic mass is 10.2. The Kier molecular flexibility index (Phi) is 12.2. The van der Waals surface area contributed by atoms with Crippen molar-refractivity contribution in [2.45, 2.75) is 52.6 Å². The highest BCUT2D eigenvalue weighted by atomic mass is 16.6. The van der Waals surface area contributed by atoms with E-state index in [2.05, 4.69) is 33.9 Å². The van der Waals surface area contributed by atoms with Crippen molar-refractivity contribution in [1.82, 2.24) is 15.1 Å². The second-order valence-electron chi connectivity index (χ2n) is 10.8. The smallest absolute Gasteiger partial charge is 0.269 e. The Morgan fingerprint density at radius 2 is 1.30 bits per heavy atom. The normalized spacial score (nSPS) is 17.8. The van der Waals surface area contributed by atoms with Gasteiger partial charge in [-0.05, 0) is 50.2 Å². The second-order valence-corrected chi connectivity index (χ2v) is 10.8. The van der Waals surface area contributed by atoms with E-state index in [0.29, 0.717) is 0 Å². The van der Waals surface area contributed by atoms with Gasteiger partial charge in [-0.2, -0.15) is 0 Å². The van der Waals surface area contributed by atoms with Crippen LogP contribution in [0.1, 0.15) is 40.5 Å². The van der Waals surface area contributed by atoms with Crippen LogP contribution in [0.15, 0.2) is 48.5 Å². The van der Waals surface area contributed by atoms with Crippen molar-refractivity contribution in [2.75, 3.05) is 62.2 Å². The summed E-state index contributed by atoms with van der Waals surface area (Å²) in [6.07, 6.45) is 1.82. The number of likely N-dealkylation sites (N-methyl/N-ethyl adjacent to an activating group) is 1. The average molecular weight is 598 g/mol. The molecular weight excluding hydrogens is 554 g/mol. The van der Waals surface area contributed by atoms with Gasteiger partial charge in [0.2, 0.25) is 11.8 Å². The summed E-state index contributed by atoms with van der Waals surface area (Å²) < 4.78 is 0. The van der Waals surface area contributed by atoms with Gasteiger partial charge in [-0.25, -0.2) is 0 Å². The largest absolute Gasteiger partial charge is 0.369 e. The Labute approximate surface area is 252 Å². The SMILES string of the molecule is CC(=O)N[C@@H]1CCN(c2ccc([N+](=O)[O-])cc2)C1.CCN(CC)CCN(C(C)=O)[C@@H]1CCN(c2ccc([N+](=O)[O-])cc2)C1. The molecule has 4 rings (SSSR count). The van der Waals surface area contributed by atoms with Gasteiger partial charge in [0, 0.05) is 94.8 Å². The van der Waals surface area contributed by atoms with Crippen LogP contribution in [-0.2, 0) is 9.59 Å². The van der Waals surface area contributed by atoms with Gasteiger partial charge in [0.05, 0.1) is 15.9 Å². The molecule has 0 aliphatic carbocycles. The topological polar surface area (TPSA) is 145 Å². The minimum absolute atomic E-state index is 0.0226. The molecule has 2 aliphatic heterocycles. The molecule has 2 aliphatic rings. The number of non-ortho nitro benzene ring substituents is 2. The number of nitro benzene ring substituents is 2. The molecule has 13 nitrogen and oxygen atoms in total. The Bertz CT molecular complexity index is 1240. The first-order valence-corrected chi connectivity index (χ1v) is 14.8. The first-order valence-electron chi connectivity index (χ1n) is 14.8. The Morgan fingerprint density at radius 1 is 0.814 bits per heavy atom. The molecule has 0 bridgehead atoms. The number of carbonyl (C=O) groups is 2. The lowest BCUT2D eigenvalue weighted by Gasteiger charge is -2.30. The summed E-state index contributed by atoms with van der Waals surface area (Å²) in [4.78, 5) is 52.2. The predicted octanol–water partition coefficient (Wildman–Crippen LogP) is 3.67. The van der Waals surface area contributed by atoms with Crippen LogP contribution in [0.5, 0.6) is 0 Å². The number of benzene rings is 2. The predicted molar refractivity (Wildman–Crippen MR) is 166 cm³/mol. The monoisotopic (exact) mass is 597 g/mol. The Hall–Kier alpha value is -4.26. The van der Waals surface area contributed by atoms with Gasteiger partial charge in [0.25, 0.3) is 11.4 Å². The molecule has 0 radical (unpaired) electrons. The van der Waals surface area contributed by atoms with Crippen LogP contribution >= 0.6 is 0 Å². The Balaban J connectivity index is 0.000000248. The van der Waals surface area contributed by atoms with Gasteiger partial charge < -0.3 is 24.9 Å². The lowest BCUT2D eigenvalue weighted by molar-refractivity contribution is -0.385. The van der Waals surface area contributed by atoms with Crippen LogP contribution in [0.3, 0.4) is 0 Å². The van der Waals surface area contributed by atoms with Gasteiger partial charge in [0.1, 0.15) is 0 Å². The summed E-state index contributed by atoms with van der Waals surface area (Å²) in [6.45, 7) is 14.2. The number of amides is 2. The third-order valence-corrected chi connectivity index (χ3v) is 8.01. The molecule has 0 unspecified atom stereocenters. The van der Waals surface area contributed by atoms with E-state index in [0.717, 1.165) is 76.6 Å². The number of rotatable bonds is 11. The molecule has 2 aromatic rings. The molecular formula is C30H43N7O6. The molecule has 0 aromatic heterocycles. The quantitative estimate of drug-likeness (QED) is 0.303. The molecule has 234 valence electrons. The van der Waals surface area contributed by atoms with E-state index >= 15 is 0 Å². The van der Waals surface area contributed by atoms with E-state index in [1.807, 2.05) is 4.90 Å². The minimum atomic E-state index is -0.409. The zero-order chi connectivity index (χ0) is 31.5. The minimum Gasteiger partial charge on any atom is -0.369 e. The van der Waals surface area contributed by atoms with Gasteiger partial charge in [-0.1, -0.05) is 13.8 Å². The van der Waals surface area contributed by atoms with E-state index in [1.165, 1.54) is 31.2 Å². The summed E-state index contributed by atoms with van der Waals surface area (Å²) >= 11 is 0. The fourth-order valence-electron chi connectivity index (χ4n) is 5.59. The first kappa shape index (κ1) is 33.2. The summed E-state index contributed by atoms with van der Waals surface area (Å²) in [7, 11) is 0. The molecule has 2 heterocycles. The zero-order valence-corrected chi connectivity index (χ0v) is 25.5. The lowest BCUT2D eigenvalue weighted by Crippen LogP contribution is -2.45. The van der Waals surface area contributed by atoms with E-state index in [1.54, 1.807) is 31.2 Å². The molecule has 2 atom stereocenters. The fourth-order valence-corrected chi connectivity index (χ4v) is 5.59. The maximum atomic E-state index is 12.1. The van der Waals surface area contributed by atoms with Gasteiger partial charge >= 0.3 is 0 Å². The van der Waals surface area contributed by atoms with Crippen molar-refractivity contribution in [3.05, 3.63) is 68.8 Å². The molecule has 0 saturated carbocycles. The van der Waals surface area contributed by atoms with Crippen molar-refractivity contribution < 1.29 is 19.4 Å². The van der Waals surface area contributed by atoms with Crippen LogP contribution in [0.2, 0.25) is 0 Å². The maximum absolute atomic E-state index is 12.1. The second kappa shape index (κ2) is 15.8. The molecule has 2 amide bonds. The van der Waals surface area contributed by atoms with Gasteiger partial charge in [-0.15, -0.1) is 0 Å². The third-order valence-electron chi connectivity index (χ3n) is 8.01. The van der Waals surface area contributed by atoms with Crippen molar-refractivity contribution >= 4 is 34.6 Å². The number of nitrogens with one attached hydrogen (secondary N) is 1. The number of carbonyl (C=O) groups excluding carboxylic acids is 2. The number of anilines is 2. The van der Waals surface area contributed by atoms with Crippen molar-refractivity contribution in [3.8, 4) is 0 Å². The maximum Gasteiger partial charge on any atom is 0.269 e. The number of hydrogen-bond donors (Lipinski definition) is 1. The first-order chi connectivity index (χ1) is 20.5. The highest BCUT2D eigenvalue weighted by Crippen LogP contribution is 2.26. The van der Waals surface area contributed by atoms with E-state index < -0.39 is 4.92 Å². The molecule has 43 heavy (non-hydrogen) atoms. The van der Waals surface area contributed by atoms with Crippen molar-refractivity contribution in [2.24, 2.45) is 0 Å². The zero-order valence-electron chi connectivity index (χ0n) is 25.5. The molecule has 0 spiro atoms. The number of nitro groups is 2. The van der Waals surface area contributed by atoms with E-state index in [4.69, 9.17) is 0 Å². The average Bonchev–Trinajstić information content (AvgIpc) is 3.66. The van der Waals surface area contributed by atoms with Crippen LogP contribution in [0.25, 0.3) is 0 Å². The van der Waals surface area contributed by atoms with E-state index in [-0.39, 0.29) is 40.2 Å². The molecule has 2 aromatic carbocycles. The van der Waals surface area contributed by atoms with Crippen molar-refractivity contribution in [1.29, 1.82) is 0 Å². The van der Waals surface area contributed by atoms with Crippen LogP contribution in [0.4, 0.5) is 22.7 Å². The van der Waals surface area contributed by atoms with Gasteiger partial charge in [-0.3, -0.25) is 29.8 Å². The Morgan fingerprint density at radius 3 is 1.74 bits per heavy atom. The number of nitrogens with zero attached hydrogens (tertiary/aromatic N) is 6. The highest BCUT2D eigenvalue weighted by molar-refractivity contribution is 5.74. The number of hydrogen-bond acceptors (Lipinski definition) is 9. The summed E-state index contributed by atoms with van der Waals surface area (Å²) in [5.74, 6) is 0.0910. The summed E-state index contributed by atoms with van der Waals surface area (Å²) in [5.41, 5.74) is 2.12. The van der Waals surface area contributed by atoms with Crippen LogP contribution in [0, 0.1) is 20.2 Å². The summed E-state index contributed by atoms with van der Waals surface area (Å²) in [6, 6.07) is 13.5. The third kappa shape index (κ3) is 9.63. The van der Waals surface area contributed by atoms with Crippen LogP contribution < -0.4 is 15.1 Å². The molecule has 2 fully saturated rings. The van der Waals surface area contributed by atoms with E-state index in [9.17, 15) is 29.8 Å². The molecule has 13 heteroatoms. The van der Waals surface area contributed by atoms with Crippen molar-refractivity contribution in [3.63, 3.8) is 0 Å². The standard InChI is InChI=1S/C18H28N4O3.C12H15N3O3/c1-4-19(5-2)12-13-21(15(3)23)18-10-11-20(14-18)16-6-8-17(9-7-16)22(24)25;1-9(16)13-10-6-7-14(8-10)11-2-4-12(5-3-11)15(17)18/h6-9,18H,4-5,10-14H2,1-3H3;2-5,10H,6-8H2,1H3,(H,13,16)/t18-;10-/m11/s1. The van der Waals surface area contributed by atoms with Crippen LogP contribution in [-0.4, -0.2) is 95.9 Å². The summed E-state index contributed by atoms with van der Waals surface area (Å²) in [5, 5.41) is 24.2.